The minimum Gasteiger partial charge on any atom is -0.481 e. The molecule has 2 amide bonds. The lowest BCUT2D eigenvalue weighted by atomic mass is 10.0. The van der Waals surface area contributed by atoms with Gasteiger partial charge in [0, 0.05) is 6.54 Å². The molecule has 2 atom stereocenters. The molecule has 0 aromatic heterocycles. The molecule has 3 N–H and O–H groups in total. The number of carboxylic acid groups (broad SMARTS) is 1. The smallest absolute Gasteiger partial charge is 0.408 e. The Hall–Kier alpha value is -3.30. The van der Waals surface area contributed by atoms with E-state index in [-0.39, 0.29) is 26.0 Å². The molecule has 44 heavy (non-hydrogen) atoms. The second kappa shape index (κ2) is 23.1. The molecule has 1 aromatic carbocycles. The Morgan fingerprint density at radius 3 is 1.95 bits per heavy atom. The fourth-order valence-electron chi connectivity index (χ4n) is 4.65. The first-order chi connectivity index (χ1) is 21.0. The van der Waals surface area contributed by atoms with E-state index in [1.807, 2.05) is 30.3 Å². The van der Waals surface area contributed by atoms with E-state index in [9.17, 15) is 24.3 Å². The lowest BCUT2D eigenvalue weighted by Gasteiger charge is -2.22. The summed E-state index contributed by atoms with van der Waals surface area (Å²) in [6, 6.07) is 8.05. The van der Waals surface area contributed by atoms with Crippen molar-refractivity contribution in [1.82, 2.24) is 10.6 Å². The third kappa shape index (κ3) is 21.4. The van der Waals surface area contributed by atoms with Crippen molar-refractivity contribution >= 4 is 24.1 Å². The Labute approximate surface area is 264 Å². The molecule has 1 unspecified atom stereocenters. The molecule has 10 nitrogen and oxygen atoms in total. The summed E-state index contributed by atoms with van der Waals surface area (Å²) in [5, 5.41) is 14.6. The van der Waals surface area contributed by atoms with Crippen LogP contribution in [0.2, 0.25) is 0 Å². The number of alkyl carbamates (subject to hydrolysis) is 2. The first kappa shape index (κ1) is 38.7. The van der Waals surface area contributed by atoms with Crippen LogP contribution in [0.3, 0.4) is 0 Å². The summed E-state index contributed by atoms with van der Waals surface area (Å²) in [5.74, 6) is -1.78. The minimum absolute atomic E-state index is 0.0230. The van der Waals surface area contributed by atoms with Crippen LogP contribution in [0.4, 0.5) is 9.59 Å². The van der Waals surface area contributed by atoms with Gasteiger partial charge in [-0.25, -0.2) is 14.4 Å². The average Bonchev–Trinajstić information content (AvgIpc) is 2.95. The molecule has 0 saturated carbocycles. The van der Waals surface area contributed by atoms with Crippen LogP contribution < -0.4 is 10.6 Å². The standard InChI is InChI=1S/C34H56N2O8/c1-5-6-7-8-9-10-11-12-13-14-18-22-28(25-30(37)38)43-31(39)29(23-19-24-35-32(40)44-34(2,3)4)36-33(41)42-26-27-20-16-15-17-21-27/h15-17,20-21,28-29H,5-14,18-19,22-26H2,1-4H3,(H,35,40)(H,36,41)(H,37,38)/t28?,29-/m0/s1. The van der Waals surface area contributed by atoms with Crippen molar-refractivity contribution in [2.24, 2.45) is 0 Å². The van der Waals surface area contributed by atoms with Crippen LogP contribution in [0.5, 0.6) is 0 Å². The van der Waals surface area contributed by atoms with Crippen LogP contribution in [-0.4, -0.2) is 53.5 Å². The maximum Gasteiger partial charge on any atom is 0.408 e. The number of esters is 1. The van der Waals surface area contributed by atoms with E-state index in [0.717, 1.165) is 31.2 Å². The van der Waals surface area contributed by atoms with Gasteiger partial charge in [-0.2, -0.15) is 0 Å². The summed E-state index contributed by atoms with van der Waals surface area (Å²) in [4.78, 5) is 49.2. The van der Waals surface area contributed by atoms with Gasteiger partial charge in [0.15, 0.2) is 0 Å². The first-order valence-corrected chi connectivity index (χ1v) is 16.4. The van der Waals surface area contributed by atoms with Gasteiger partial charge in [0.25, 0.3) is 0 Å². The molecule has 1 aromatic rings. The molecule has 0 bridgehead atoms. The van der Waals surface area contributed by atoms with E-state index < -0.39 is 41.9 Å². The molecule has 0 fully saturated rings. The lowest BCUT2D eigenvalue weighted by Crippen LogP contribution is -2.44. The van der Waals surface area contributed by atoms with E-state index in [1.165, 1.54) is 44.9 Å². The first-order valence-electron chi connectivity index (χ1n) is 16.4. The number of hydrogen-bond acceptors (Lipinski definition) is 7. The molecule has 0 heterocycles. The summed E-state index contributed by atoms with van der Waals surface area (Å²) in [6.45, 7) is 7.72. The Balaban J connectivity index is 2.61. The van der Waals surface area contributed by atoms with Crippen LogP contribution >= 0.6 is 0 Å². The van der Waals surface area contributed by atoms with Crippen LogP contribution in [0, 0.1) is 0 Å². The largest absolute Gasteiger partial charge is 0.481 e. The second-order valence-electron chi connectivity index (χ2n) is 12.3. The Bertz CT molecular complexity index is 948. The van der Waals surface area contributed by atoms with Gasteiger partial charge in [-0.3, -0.25) is 4.79 Å². The van der Waals surface area contributed by atoms with Gasteiger partial charge in [-0.05, 0) is 52.0 Å². The third-order valence-corrected chi connectivity index (χ3v) is 6.94. The highest BCUT2D eigenvalue weighted by Crippen LogP contribution is 2.16. The molecular weight excluding hydrogens is 564 g/mol. The fourth-order valence-corrected chi connectivity index (χ4v) is 4.65. The molecule has 0 saturated heterocycles. The highest BCUT2D eigenvalue weighted by molar-refractivity contribution is 5.81. The average molecular weight is 621 g/mol. The zero-order valence-electron chi connectivity index (χ0n) is 27.4. The van der Waals surface area contributed by atoms with E-state index in [0.29, 0.717) is 12.8 Å². The van der Waals surface area contributed by atoms with Gasteiger partial charge < -0.3 is 30.0 Å². The summed E-state index contributed by atoms with van der Waals surface area (Å²) in [6.07, 6.45) is 11.2. The topological polar surface area (TPSA) is 140 Å². The number of nitrogens with one attached hydrogen (secondary N) is 2. The number of amides is 2. The predicted molar refractivity (Wildman–Crippen MR) is 170 cm³/mol. The van der Waals surface area contributed by atoms with Crippen molar-refractivity contribution in [1.29, 1.82) is 0 Å². The van der Waals surface area contributed by atoms with Crippen molar-refractivity contribution in [2.45, 2.75) is 148 Å². The number of carboxylic acids is 1. The van der Waals surface area contributed by atoms with Gasteiger partial charge in [0.05, 0.1) is 6.42 Å². The number of carbonyl (C=O) groups is 4. The molecular formula is C34H56N2O8. The maximum atomic E-state index is 13.2. The van der Waals surface area contributed by atoms with Crippen LogP contribution in [0.1, 0.15) is 130 Å². The van der Waals surface area contributed by atoms with Gasteiger partial charge in [-0.1, -0.05) is 101 Å². The fraction of sp³-hybridized carbons (Fsp3) is 0.706. The summed E-state index contributed by atoms with van der Waals surface area (Å²) >= 11 is 0. The highest BCUT2D eigenvalue weighted by Gasteiger charge is 2.27. The number of ether oxygens (including phenoxy) is 3. The third-order valence-electron chi connectivity index (χ3n) is 6.94. The molecule has 0 aliphatic carbocycles. The van der Waals surface area contributed by atoms with Gasteiger partial charge in [0.1, 0.15) is 24.4 Å². The van der Waals surface area contributed by atoms with Gasteiger partial charge >= 0.3 is 24.1 Å². The van der Waals surface area contributed by atoms with E-state index >= 15 is 0 Å². The van der Waals surface area contributed by atoms with E-state index in [2.05, 4.69) is 17.6 Å². The number of carbonyl (C=O) groups excluding carboxylic acids is 3. The summed E-state index contributed by atoms with van der Waals surface area (Å²) < 4.78 is 16.1. The van der Waals surface area contributed by atoms with Crippen molar-refractivity contribution in [3.63, 3.8) is 0 Å². The minimum atomic E-state index is -1.08. The molecule has 250 valence electrons. The van der Waals surface area contributed by atoms with Crippen LogP contribution in [0.15, 0.2) is 30.3 Å². The Morgan fingerprint density at radius 2 is 1.39 bits per heavy atom. The molecule has 0 spiro atoms. The normalized spacial score (nSPS) is 12.5. The quantitative estimate of drug-likeness (QED) is 0.0643. The zero-order chi connectivity index (χ0) is 32.6. The number of rotatable bonds is 23. The zero-order valence-corrected chi connectivity index (χ0v) is 27.4. The van der Waals surface area contributed by atoms with Crippen LogP contribution in [0.25, 0.3) is 0 Å². The number of aliphatic carboxylic acids is 1. The molecule has 10 heteroatoms. The van der Waals surface area contributed by atoms with E-state index in [4.69, 9.17) is 14.2 Å². The predicted octanol–water partition coefficient (Wildman–Crippen LogP) is 7.67. The highest BCUT2D eigenvalue weighted by atomic mass is 16.6. The summed E-state index contributed by atoms with van der Waals surface area (Å²) in [7, 11) is 0. The number of benzene rings is 1. The summed E-state index contributed by atoms with van der Waals surface area (Å²) in [5.41, 5.74) is 0.143. The molecule has 0 aliphatic heterocycles. The molecule has 1 rings (SSSR count). The Morgan fingerprint density at radius 1 is 0.795 bits per heavy atom. The van der Waals surface area contributed by atoms with Crippen molar-refractivity contribution in [3.05, 3.63) is 35.9 Å². The van der Waals surface area contributed by atoms with Crippen molar-refractivity contribution in [2.75, 3.05) is 6.54 Å². The monoisotopic (exact) mass is 620 g/mol. The van der Waals surface area contributed by atoms with Gasteiger partial charge in [-0.15, -0.1) is 0 Å². The maximum absolute atomic E-state index is 13.2. The van der Waals surface area contributed by atoms with Crippen molar-refractivity contribution < 1.29 is 38.5 Å². The number of hydrogen-bond donors (Lipinski definition) is 3. The lowest BCUT2D eigenvalue weighted by molar-refractivity contribution is -0.155. The Kier molecular flexibility index (Phi) is 20.4. The van der Waals surface area contributed by atoms with E-state index in [1.54, 1.807) is 20.8 Å². The van der Waals surface area contributed by atoms with Crippen LogP contribution in [-0.2, 0) is 30.4 Å². The SMILES string of the molecule is CCCCCCCCCCCCCC(CC(=O)O)OC(=O)[C@H](CCCNC(=O)OC(C)(C)C)NC(=O)OCc1ccccc1. The van der Waals surface area contributed by atoms with Gasteiger partial charge in [0.2, 0.25) is 0 Å². The second-order valence-corrected chi connectivity index (χ2v) is 12.3. The molecule has 0 radical (unpaired) electrons. The molecule has 0 aliphatic rings. The number of unbranched alkanes of at least 4 members (excludes halogenated alkanes) is 10. The van der Waals surface area contributed by atoms with Crippen molar-refractivity contribution in [3.8, 4) is 0 Å².